The topological polar surface area (TPSA) is 9.72 Å². The molecule has 0 atom stereocenters. The van der Waals surface area contributed by atoms with E-state index in [1.54, 1.807) is 0 Å². The Kier molecular flexibility index (Phi) is 18.5. The molecule has 0 amide bonds. The van der Waals surface area contributed by atoms with Crippen molar-refractivity contribution in [1.29, 1.82) is 0 Å². The highest BCUT2D eigenvalue weighted by molar-refractivity contribution is 4.90. The van der Waals surface area contributed by atoms with Crippen molar-refractivity contribution in [3.63, 3.8) is 0 Å². The smallest absolute Gasteiger partial charge is 0.0165 e. The van der Waals surface area contributed by atoms with Gasteiger partial charge in [-0.3, -0.25) is 4.90 Å². The minimum Gasteiger partial charge on any atom is -0.302 e. The maximum absolute atomic E-state index is 2.53. The van der Waals surface area contributed by atoms with Gasteiger partial charge >= 0.3 is 0 Å². The largest absolute Gasteiger partial charge is 0.302 e. The Labute approximate surface area is 183 Å². The number of hydrogen-bond acceptors (Lipinski definition) is 3. The van der Waals surface area contributed by atoms with Crippen LogP contribution in [-0.2, 0) is 0 Å². The van der Waals surface area contributed by atoms with Crippen molar-refractivity contribution in [1.82, 2.24) is 14.7 Å². The summed E-state index contributed by atoms with van der Waals surface area (Å²) in [4.78, 5) is 7.34. The molecule has 170 valence electrons. The van der Waals surface area contributed by atoms with Crippen LogP contribution in [0.1, 0.15) is 73.6 Å². The van der Waals surface area contributed by atoms with Gasteiger partial charge in [0.25, 0.3) is 0 Å². The molecule has 0 aromatic heterocycles. The van der Waals surface area contributed by atoms with Crippen molar-refractivity contribution in [3.8, 4) is 0 Å². The van der Waals surface area contributed by atoms with Gasteiger partial charge in [0.15, 0.2) is 0 Å². The SMILES string of the molecule is CC.CC(C)N1CC=CCCC1.CC(C)N1CCC=CCC1.CN1CC=CCC1. The summed E-state index contributed by atoms with van der Waals surface area (Å²) >= 11 is 0. The zero-order chi connectivity index (χ0) is 21.9. The van der Waals surface area contributed by atoms with E-state index in [1.165, 1.54) is 58.3 Å². The molecule has 0 aromatic rings. The summed E-state index contributed by atoms with van der Waals surface area (Å²) in [5, 5.41) is 0. The van der Waals surface area contributed by atoms with Gasteiger partial charge < -0.3 is 9.80 Å². The molecular weight excluding hydrogens is 354 g/mol. The first-order chi connectivity index (χ1) is 14.0. The highest BCUT2D eigenvalue weighted by atomic mass is 15.1. The van der Waals surface area contributed by atoms with Gasteiger partial charge in [-0.2, -0.15) is 0 Å². The lowest BCUT2D eigenvalue weighted by atomic mass is 10.3. The Morgan fingerprint density at radius 1 is 0.552 bits per heavy atom. The Balaban J connectivity index is 0.000000394. The maximum Gasteiger partial charge on any atom is 0.0165 e. The number of likely N-dealkylation sites (N-methyl/N-ethyl adjacent to an activating group) is 1. The Hall–Kier alpha value is -0.900. The summed E-state index contributed by atoms with van der Waals surface area (Å²) in [5.74, 6) is 0. The summed E-state index contributed by atoms with van der Waals surface area (Å²) in [6.45, 7) is 20.3. The van der Waals surface area contributed by atoms with Crippen LogP contribution in [0.5, 0.6) is 0 Å². The van der Waals surface area contributed by atoms with E-state index in [0.29, 0.717) is 6.04 Å². The molecule has 0 aliphatic carbocycles. The fourth-order valence-electron chi connectivity index (χ4n) is 3.40. The predicted molar refractivity (Wildman–Crippen MR) is 133 cm³/mol. The average molecular weight is 406 g/mol. The van der Waals surface area contributed by atoms with Crippen LogP contribution in [0.2, 0.25) is 0 Å². The molecule has 0 N–H and O–H groups in total. The number of nitrogens with zero attached hydrogens (tertiary/aromatic N) is 3. The number of allylic oxidation sites excluding steroid dienone is 1. The average Bonchev–Trinajstić information content (AvgIpc) is 3.17. The lowest BCUT2D eigenvalue weighted by Crippen LogP contribution is -2.31. The minimum absolute atomic E-state index is 0.711. The zero-order valence-corrected chi connectivity index (χ0v) is 20.7. The van der Waals surface area contributed by atoms with E-state index in [2.05, 4.69) is 85.9 Å². The second kappa shape index (κ2) is 19.1. The van der Waals surface area contributed by atoms with Gasteiger partial charge in [0.1, 0.15) is 0 Å². The number of rotatable bonds is 2. The van der Waals surface area contributed by atoms with Crippen molar-refractivity contribution in [2.75, 3.05) is 46.3 Å². The van der Waals surface area contributed by atoms with E-state index < -0.39 is 0 Å². The second-order valence-electron chi connectivity index (χ2n) is 8.40. The van der Waals surface area contributed by atoms with Crippen molar-refractivity contribution >= 4 is 0 Å². The molecule has 0 saturated heterocycles. The molecule has 0 bridgehead atoms. The standard InChI is InChI=1S/2C9H17N.C6H11N.C2H6/c2*1-9(2)10-7-5-3-4-6-8-10;1-7-5-3-2-4-6-7;1-2/h3,5,9H,4,6-8H2,1-2H3;3-4,9H,5-8H2,1-2H3;2-3H,4-6H2,1H3;1-2H3. The van der Waals surface area contributed by atoms with Gasteiger partial charge in [-0.25, -0.2) is 0 Å². The molecule has 3 rings (SSSR count). The first-order valence-corrected chi connectivity index (χ1v) is 12.1. The van der Waals surface area contributed by atoms with Crippen LogP contribution in [-0.4, -0.2) is 73.1 Å². The van der Waals surface area contributed by atoms with Crippen molar-refractivity contribution < 1.29 is 0 Å². The van der Waals surface area contributed by atoms with Crippen LogP contribution >= 0.6 is 0 Å². The summed E-state index contributed by atoms with van der Waals surface area (Å²) < 4.78 is 0. The van der Waals surface area contributed by atoms with E-state index in [-0.39, 0.29) is 0 Å². The van der Waals surface area contributed by atoms with E-state index in [0.717, 1.165) is 19.1 Å². The predicted octanol–water partition coefficient (Wildman–Crippen LogP) is 6.00. The van der Waals surface area contributed by atoms with Gasteiger partial charge in [0.05, 0.1) is 0 Å². The zero-order valence-electron chi connectivity index (χ0n) is 20.7. The molecule has 0 unspecified atom stereocenters. The molecule has 0 saturated carbocycles. The highest BCUT2D eigenvalue weighted by Gasteiger charge is 2.08. The lowest BCUT2D eigenvalue weighted by molar-refractivity contribution is 0.234. The van der Waals surface area contributed by atoms with Crippen LogP contribution in [0.15, 0.2) is 36.5 Å². The molecular formula is C26H51N3. The van der Waals surface area contributed by atoms with Gasteiger partial charge in [0.2, 0.25) is 0 Å². The van der Waals surface area contributed by atoms with E-state index in [9.17, 15) is 0 Å². The van der Waals surface area contributed by atoms with Crippen LogP contribution < -0.4 is 0 Å². The number of hydrogen-bond donors (Lipinski definition) is 0. The molecule has 3 aliphatic heterocycles. The fraction of sp³-hybridized carbons (Fsp3) is 0.769. The molecule has 3 aliphatic rings. The Bertz CT molecular complexity index is 427. The van der Waals surface area contributed by atoms with Crippen LogP contribution in [0.3, 0.4) is 0 Å². The Morgan fingerprint density at radius 2 is 1.03 bits per heavy atom. The quantitative estimate of drug-likeness (QED) is 0.522. The van der Waals surface area contributed by atoms with Gasteiger partial charge in [-0.1, -0.05) is 50.3 Å². The first-order valence-electron chi connectivity index (χ1n) is 12.1. The van der Waals surface area contributed by atoms with Crippen LogP contribution in [0, 0.1) is 0 Å². The molecule has 0 aromatic carbocycles. The van der Waals surface area contributed by atoms with Crippen molar-refractivity contribution in [3.05, 3.63) is 36.5 Å². The first kappa shape index (κ1) is 28.1. The molecule has 3 heterocycles. The normalized spacial score (nSPS) is 20.6. The summed E-state index contributed by atoms with van der Waals surface area (Å²) in [6, 6.07) is 1.43. The third-order valence-electron chi connectivity index (χ3n) is 5.38. The van der Waals surface area contributed by atoms with Gasteiger partial charge in [-0.15, -0.1) is 0 Å². The monoisotopic (exact) mass is 405 g/mol. The van der Waals surface area contributed by atoms with Crippen molar-refractivity contribution in [2.24, 2.45) is 0 Å². The summed E-state index contributed by atoms with van der Waals surface area (Å²) in [6.07, 6.45) is 19.9. The lowest BCUT2D eigenvalue weighted by Gasteiger charge is -2.23. The van der Waals surface area contributed by atoms with Crippen LogP contribution in [0.4, 0.5) is 0 Å². The third-order valence-corrected chi connectivity index (χ3v) is 5.38. The molecule has 0 radical (unpaired) electrons. The molecule has 0 spiro atoms. The highest BCUT2D eigenvalue weighted by Crippen LogP contribution is 2.06. The van der Waals surface area contributed by atoms with Crippen LogP contribution in [0.25, 0.3) is 0 Å². The molecule has 0 fully saturated rings. The van der Waals surface area contributed by atoms with E-state index >= 15 is 0 Å². The maximum atomic E-state index is 2.53. The van der Waals surface area contributed by atoms with Crippen molar-refractivity contribution in [2.45, 2.75) is 85.7 Å². The van der Waals surface area contributed by atoms with Gasteiger partial charge in [-0.05, 0) is 73.4 Å². The third kappa shape index (κ3) is 15.6. The molecule has 29 heavy (non-hydrogen) atoms. The minimum atomic E-state index is 0.711. The summed E-state index contributed by atoms with van der Waals surface area (Å²) in [5.41, 5.74) is 0. The van der Waals surface area contributed by atoms with Gasteiger partial charge in [0, 0.05) is 44.8 Å². The fourth-order valence-corrected chi connectivity index (χ4v) is 3.40. The second-order valence-corrected chi connectivity index (χ2v) is 8.40. The summed E-state index contributed by atoms with van der Waals surface area (Å²) in [7, 11) is 2.14. The van der Waals surface area contributed by atoms with E-state index in [1.807, 2.05) is 13.8 Å². The van der Waals surface area contributed by atoms with E-state index in [4.69, 9.17) is 0 Å². The molecule has 3 nitrogen and oxygen atoms in total. The molecule has 3 heteroatoms. The Morgan fingerprint density at radius 3 is 1.48 bits per heavy atom.